The Bertz CT molecular complexity index is 868. The Morgan fingerprint density at radius 3 is 2.63 bits per heavy atom. The second kappa shape index (κ2) is 10.6. The van der Waals surface area contributed by atoms with Gasteiger partial charge in [-0.1, -0.05) is 25.5 Å². The molecule has 2 aromatic carbocycles. The first-order chi connectivity index (χ1) is 14.5. The molecule has 2 N–H and O–H groups in total. The molecule has 1 unspecified atom stereocenters. The third kappa shape index (κ3) is 6.20. The number of hydrogen-bond acceptors (Lipinski definition) is 4. The van der Waals surface area contributed by atoms with E-state index >= 15 is 0 Å². The van der Waals surface area contributed by atoms with Crippen LogP contribution in [0.3, 0.4) is 0 Å². The predicted octanol–water partition coefficient (Wildman–Crippen LogP) is 3.73. The molecule has 1 heterocycles. The maximum atomic E-state index is 13.2. The summed E-state index contributed by atoms with van der Waals surface area (Å²) in [5.74, 6) is -0.874. The Labute approximate surface area is 176 Å². The summed E-state index contributed by atoms with van der Waals surface area (Å²) in [5, 5.41) is 5.62. The highest BCUT2D eigenvalue weighted by Crippen LogP contribution is 2.23. The van der Waals surface area contributed by atoms with Crippen LogP contribution in [-0.2, 0) is 9.59 Å². The number of carbonyl (C=O) groups excluding carboxylic acids is 2. The highest BCUT2D eigenvalue weighted by Gasteiger charge is 2.21. The van der Waals surface area contributed by atoms with Gasteiger partial charge in [0.2, 0.25) is 5.91 Å². The van der Waals surface area contributed by atoms with Gasteiger partial charge >= 0.3 is 0 Å². The van der Waals surface area contributed by atoms with Crippen molar-refractivity contribution in [2.45, 2.75) is 38.6 Å². The van der Waals surface area contributed by atoms with Crippen molar-refractivity contribution in [2.24, 2.45) is 0 Å². The smallest absolute Gasteiger partial charge is 0.258 e. The van der Waals surface area contributed by atoms with Crippen LogP contribution in [0.1, 0.15) is 32.6 Å². The first-order valence-corrected chi connectivity index (χ1v) is 10.4. The van der Waals surface area contributed by atoms with Gasteiger partial charge in [0.05, 0.1) is 0 Å². The molecule has 1 aliphatic heterocycles. The van der Waals surface area contributed by atoms with Gasteiger partial charge in [0.25, 0.3) is 5.91 Å². The molecule has 0 bridgehead atoms. The summed E-state index contributed by atoms with van der Waals surface area (Å²) in [4.78, 5) is 27.3. The van der Waals surface area contributed by atoms with Crippen LogP contribution in [0.25, 0.3) is 0 Å². The van der Waals surface area contributed by atoms with E-state index in [0.29, 0.717) is 12.1 Å². The molecule has 1 aliphatic rings. The van der Waals surface area contributed by atoms with Crippen molar-refractivity contribution >= 4 is 23.2 Å². The standard InChI is InChI=1S/C23H28FN3O3/c1-2-7-21(26-22(28)16-30-20-11-5-8-17(24)14-20)23(29)25-18-9-6-10-19(15-18)27-12-3-4-13-27/h5-6,8-11,14-15,21H,2-4,7,12-13,16H2,1H3,(H,25,29)(H,26,28). The normalized spacial score (nSPS) is 14.3. The molecule has 3 rings (SSSR count). The number of hydrogen-bond donors (Lipinski definition) is 2. The van der Waals surface area contributed by atoms with E-state index in [1.165, 1.54) is 31.0 Å². The van der Waals surface area contributed by atoms with E-state index in [1.54, 1.807) is 6.07 Å². The summed E-state index contributed by atoms with van der Waals surface area (Å²) in [7, 11) is 0. The van der Waals surface area contributed by atoms with Crippen molar-refractivity contribution in [1.29, 1.82) is 0 Å². The molecule has 2 amide bonds. The molecule has 0 saturated carbocycles. The summed E-state index contributed by atoms with van der Waals surface area (Å²) in [6.45, 7) is 3.71. The van der Waals surface area contributed by atoms with Gasteiger partial charge in [0.15, 0.2) is 6.61 Å². The summed E-state index contributed by atoms with van der Waals surface area (Å²) >= 11 is 0. The Kier molecular flexibility index (Phi) is 7.65. The largest absolute Gasteiger partial charge is 0.484 e. The van der Waals surface area contributed by atoms with Crippen molar-refractivity contribution < 1.29 is 18.7 Å². The molecule has 1 fully saturated rings. The van der Waals surface area contributed by atoms with Crippen LogP contribution in [-0.4, -0.2) is 37.6 Å². The van der Waals surface area contributed by atoms with Gasteiger partial charge in [0, 0.05) is 30.5 Å². The number of nitrogens with zero attached hydrogens (tertiary/aromatic N) is 1. The van der Waals surface area contributed by atoms with E-state index in [1.807, 2.05) is 31.2 Å². The SMILES string of the molecule is CCCC(NC(=O)COc1cccc(F)c1)C(=O)Nc1cccc(N2CCCC2)c1. The first kappa shape index (κ1) is 21.6. The Morgan fingerprint density at radius 1 is 1.13 bits per heavy atom. The number of nitrogens with one attached hydrogen (secondary N) is 2. The van der Waals surface area contributed by atoms with Crippen LogP contribution in [0.4, 0.5) is 15.8 Å². The fraction of sp³-hybridized carbons (Fsp3) is 0.391. The zero-order chi connectivity index (χ0) is 21.3. The molecular formula is C23H28FN3O3. The predicted molar refractivity (Wildman–Crippen MR) is 115 cm³/mol. The zero-order valence-corrected chi connectivity index (χ0v) is 17.2. The fourth-order valence-corrected chi connectivity index (χ4v) is 3.48. The highest BCUT2D eigenvalue weighted by molar-refractivity contribution is 5.97. The van der Waals surface area contributed by atoms with E-state index in [-0.39, 0.29) is 18.3 Å². The van der Waals surface area contributed by atoms with Gasteiger partial charge < -0.3 is 20.3 Å². The topological polar surface area (TPSA) is 70.7 Å². The first-order valence-electron chi connectivity index (χ1n) is 10.4. The van der Waals surface area contributed by atoms with Crippen molar-refractivity contribution in [2.75, 3.05) is 29.9 Å². The van der Waals surface area contributed by atoms with Crippen LogP contribution in [0.15, 0.2) is 48.5 Å². The molecule has 0 aliphatic carbocycles. The molecule has 0 aromatic heterocycles. The summed E-state index contributed by atoms with van der Waals surface area (Å²) in [6, 6.07) is 12.7. The van der Waals surface area contributed by atoms with Crippen LogP contribution < -0.4 is 20.3 Å². The van der Waals surface area contributed by atoms with E-state index in [4.69, 9.17) is 4.74 Å². The minimum Gasteiger partial charge on any atom is -0.484 e. The van der Waals surface area contributed by atoms with Crippen molar-refractivity contribution in [3.8, 4) is 5.75 Å². The zero-order valence-electron chi connectivity index (χ0n) is 17.2. The second-order valence-electron chi connectivity index (χ2n) is 7.39. The molecule has 160 valence electrons. The molecule has 30 heavy (non-hydrogen) atoms. The van der Waals surface area contributed by atoms with Gasteiger partial charge in [-0.3, -0.25) is 9.59 Å². The molecular weight excluding hydrogens is 385 g/mol. The highest BCUT2D eigenvalue weighted by atomic mass is 19.1. The number of benzene rings is 2. The lowest BCUT2D eigenvalue weighted by atomic mass is 10.1. The average molecular weight is 413 g/mol. The summed E-state index contributed by atoms with van der Waals surface area (Å²) < 4.78 is 18.5. The Hall–Kier alpha value is -3.09. The van der Waals surface area contributed by atoms with Crippen LogP contribution in [0, 0.1) is 5.82 Å². The number of ether oxygens (including phenoxy) is 1. The van der Waals surface area contributed by atoms with Gasteiger partial charge in [-0.15, -0.1) is 0 Å². The second-order valence-corrected chi connectivity index (χ2v) is 7.39. The molecule has 0 spiro atoms. The minimum atomic E-state index is -0.672. The monoisotopic (exact) mass is 413 g/mol. The third-order valence-corrected chi connectivity index (χ3v) is 4.98. The molecule has 1 saturated heterocycles. The van der Waals surface area contributed by atoms with E-state index in [9.17, 15) is 14.0 Å². The van der Waals surface area contributed by atoms with Gasteiger partial charge in [-0.25, -0.2) is 4.39 Å². The van der Waals surface area contributed by atoms with Crippen LogP contribution >= 0.6 is 0 Å². The van der Waals surface area contributed by atoms with E-state index < -0.39 is 17.8 Å². The third-order valence-electron chi connectivity index (χ3n) is 4.98. The molecule has 7 heteroatoms. The van der Waals surface area contributed by atoms with Gasteiger partial charge in [-0.05, 0) is 49.6 Å². The Balaban J connectivity index is 1.56. The van der Waals surface area contributed by atoms with Crippen molar-refractivity contribution in [1.82, 2.24) is 5.32 Å². The average Bonchev–Trinajstić information content (AvgIpc) is 3.27. The maximum Gasteiger partial charge on any atom is 0.258 e. The van der Waals surface area contributed by atoms with Crippen molar-refractivity contribution in [3.63, 3.8) is 0 Å². The lowest BCUT2D eigenvalue weighted by molar-refractivity contribution is -0.128. The molecule has 2 aromatic rings. The molecule has 0 radical (unpaired) electrons. The number of carbonyl (C=O) groups is 2. The molecule has 6 nitrogen and oxygen atoms in total. The fourth-order valence-electron chi connectivity index (χ4n) is 3.48. The Morgan fingerprint density at radius 2 is 1.90 bits per heavy atom. The van der Waals surface area contributed by atoms with Crippen LogP contribution in [0.5, 0.6) is 5.75 Å². The van der Waals surface area contributed by atoms with Gasteiger partial charge in [-0.2, -0.15) is 0 Å². The van der Waals surface area contributed by atoms with Gasteiger partial charge in [0.1, 0.15) is 17.6 Å². The number of amides is 2. The molecule has 1 atom stereocenters. The van der Waals surface area contributed by atoms with Crippen molar-refractivity contribution in [3.05, 3.63) is 54.3 Å². The summed E-state index contributed by atoms with van der Waals surface area (Å²) in [6.07, 6.45) is 3.60. The minimum absolute atomic E-state index is 0.264. The lowest BCUT2D eigenvalue weighted by Gasteiger charge is -2.20. The maximum absolute atomic E-state index is 13.2. The van der Waals surface area contributed by atoms with E-state index in [0.717, 1.165) is 25.2 Å². The summed E-state index contributed by atoms with van der Waals surface area (Å²) in [5.41, 5.74) is 1.79. The number of rotatable bonds is 9. The quantitative estimate of drug-likeness (QED) is 0.657. The van der Waals surface area contributed by atoms with Crippen LogP contribution in [0.2, 0.25) is 0 Å². The van der Waals surface area contributed by atoms with E-state index in [2.05, 4.69) is 15.5 Å². The number of halogens is 1. The number of anilines is 2. The lowest BCUT2D eigenvalue weighted by Crippen LogP contribution is -2.45.